The molecule has 0 spiro atoms. The number of allylic oxidation sites excluding steroid dienone is 9. The van der Waals surface area contributed by atoms with E-state index in [9.17, 15) is 4.79 Å². The summed E-state index contributed by atoms with van der Waals surface area (Å²) in [6, 6.07) is 9.91. The average molecular weight is 468 g/mol. The highest BCUT2D eigenvalue weighted by molar-refractivity contribution is 5.88. The molecule has 2 aromatic rings. The standard InChI is InChI=1S/C31H37N3O/c1-23(10-9-11-24(2)18-30(35)34-19-26-12-7-6-8-13-26)14-15-29-25(3)28(16-17-31(29,4)5)27-20-32-22-33-21-27/h6-15,18,20-22,28H,16-17,19H2,1-5H3,(H,34,35)/b11-9+,15-14+,23-10+,24-18-. The molecule has 1 aromatic carbocycles. The van der Waals surface area contributed by atoms with E-state index in [4.69, 9.17) is 0 Å². The molecule has 1 heterocycles. The van der Waals surface area contributed by atoms with Gasteiger partial charge in [-0.3, -0.25) is 4.79 Å². The lowest BCUT2D eigenvalue weighted by Gasteiger charge is -2.37. The van der Waals surface area contributed by atoms with Crippen LogP contribution in [-0.4, -0.2) is 15.9 Å². The lowest BCUT2D eigenvalue weighted by Crippen LogP contribution is -2.23. The van der Waals surface area contributed by atoms with Gasteiger partial charge in [-0.1, -0.05) is 85.7 Å². The maximum absolute atomic E-state index is 12.2. The summed E-state index contributed by atoms with van der Waals surface area (Å²) < 4.78 is 0. The Balaban J connectivity index is 1.63. The van der Waals surface area contributed by atoms with Crippen LogP contribution in [0.25, 0.3) is 0 Å². The average Bonchev–Trinajstić information content (AvgIpc) is 2.83. The zero-order valence-corrected chi connectivity index (χ0v) is 21.6. The van der Waals surface area contributed by atoms with E-state index in [1.165, 1.54) is 16.7 Å². The van der Waals surface area contributed by atoms with Crippen LogP contribution in [0.3, 0.4) is 0 Å². The zero-order valence-electron chi connectivity index (χ0n) is 21.6. The fourth-order valence-corrected chi connectivity index (χ4v) is 4.56. The van der Waals surface area contributed by atoms with Gasteiger partial charge in [0.25, 0.3) is 0 Å². The summed E-state index contributed by atoms with van der Waals surface area (Å²) in [7, 11) is 0. The van der Waals surface area contributed by atoms with Crippen molar-refractivity contribution in [2.45, 2.75) is 59.9 Å². The topological polar surface area (TPSA) is 54.9 Å². The molecule has 0 aliphatic heterocycles. The predicted octanol–water partition coefficient (Wildman–Crippen LogP) is 7.02. The number of aromatic nitrogens is 2. The SMILES string of the molecule is CC1=C(/C=C/C(C)=C/C=C/C(C)=C\C(=O)NCc2ccccc2)C(C)(C)CCC1c1cncnc1. The highest BCUT2D eigenvalue weighted by Gasteiger charge is 2.32. The van der Waals surface area contributed by atoms with Gasteiger partial charge in [0.1, 0.15) is 6.33 Å². The van der Waals surface area contributed by atoms with Crippen molar-refractivity contribution in [2.75, 3.05) is 0 Å². The van der Waals surface area contributed by atoms with E-state index in [2.05, 4.69) is 61.2 Å². The number of hydrogen-bond donors (Lipinski definition) is 1. The summed E-state index contributed by atoms with van der Waals surface area (Å²) in [5.74, 6) is 0.283. The lowest BCUT2D eigenvalue weighted by molar-refractivity contribution is -0.116. The fourth-order valence-electron chi connectivity index (χ4n) is 4.56. The number of hydrogen-bond acceptors (Lipinski definition) is 3. The third-order valence-corrected chi connectivity index (χ3v) is 6.62. The summed E-state index contributed by atoms with van der Waals surface area (Å²) >= 11 is 0. The molecule has 1 aliphatic carbocycles. The van der Waals surface area contributed by atoms with Crippen molar-refractivity contribution in [1.29, 1.82) is 0 Å². The highest BCUT2D eigenvalue weighted by Crippen LogP contribution is 2.46. The molecule has 1 amide bonds. The van der Waals surface area contributed by atoms with Crippen molar-refractivity contribution in [3.8, 4) is 0 Å². The molecule has 1 aromatic heterocycles. The molecule has 0 fully saturated rings. The Labute approximate surface area is 210 Å². The Kier molecular flexibility index (Phi) is 9.13. The van der Waals surface area contributed by atoms with Crippen molar-refractivity contribution >= 4 is 5.91 Å². The Morgan fingerprint density at radius 2 is 1.80 bits per heavy atom. The maximum Gasteiger partial charge on any atom is 0.244 e. The van der Waals surface area contributed by atoms with E-state index < -0.39 is 0 Å². The van der Waals surface area contributed by atoms with Crippen LogP contribution in [0.2, 0.25) is 0 Å². The van der Waals surface area contributed by atoms with Crippen molar-refractivity contribution in [1.82, 2.24) is 15.3 Å². The molecule has 0 bridgehead atoms. The first-order chi connectivity index (χ1) is 16.8. The lowest BCUT2D eigenvalue weighted by atomic mass is 9.67. The molecule has 1 aliphatic rings. The smallest absolute Gasteiger partial charge is 0.244 e. The van der Waals surface area contributed by atoms with Gasteiger partial charge < -0.3 is 5.32 Å². The number of rotatable bonds is 8. The molecular formula is C31H37N3O. The molecule has 0 radical (unpaired) electrons. The molecule has 1 N–H and O–H groups in total. The van der Waals surface area contributed by atoms with Gasteiger partial charge >= 0.3 is 0 Å². The number of amides is 1. The second-order valence-corrected chi connectivity index (χ2v) is 9.94. The first-order valence-electron chi connectivity index (χ1n) is 12.3. The van der Waals surface area contributed by atoms with Gasteiger partial charge in [0.15, 0.2) is 0 Å². The van der Waals surface area contributed by atoms with Crippen molar-refractivity contribution < 1.29 is 4.79 Å². The number of nitrogens with zero attached hydrogens (tertiary/aromatic N) is 2. The third kappa shape index (κ3) is 7.74. The Bertz CT molecular complexity index is 1150. The summed E-state index contributed by atoms with van der Waals surface area (Å²) in [4.78, 5) is 20.6. The van der Waals surface area contributed by atoms with E-state index in [0.29, 0.717) is 12.5 Å². The van der Waals surface area contributed by atoms with E-state index in [1.807, 2.05) is 61.8 Å². The monoisotopic (exact) mass is 467 g/mol. The van der Waals surface area contributed by atoms with E-state index >= 15 is 0 Å². The molecule has 1 unspecified atom stereocenters. The fraction of sp³-hybridized carbons (Fsp3) is 0.323. The molecular weight excluding hydrogens is 430 g/mol. The van der Waals surface area contributed by atoms with Crippen LogP contribution in [0.4, 0.5) is 0 Å². The number of benzene rings is 1. The minimum atomic E-state index is -0.0862. The number of carbonyl (C=O) groups is 1. The van der Waals surface area contributed by atoms with Gasteiger partial charge in [-0.2, -0.15) is 0 Å². The van der Waals surface area contributed by atoms with Crippen LogP contribution < -0.4 is 5.32 Å². The molecule has 35 heavy (non-hydrogen) atoms. The predicted molar refractivity (Wildman–Crippen MR) is 145 cm³/mol. The van der Waals surface area contributed by atoms with Crippen LogP contribution in [-0.2, 0) is 11.3 Å². The van der Waals surface area contributed by atoms with Gasteiger partial charge in [-0.25, -0.2) is 9.97 Å². The maximum atomic E-state index is 12.2. The Morgan fingerprint density at radius 1 is 1.09 bits per heavy atom. The van der Waals surface area contributed by atoms with Gasteiger partial charge in [-0.05, 0) is 61.3 Å². The minimum absolute atomic E-state index is 0.0862. The molecule has 0 saturated heterocycles. The first-order valence-corrected chi connectivity index (χ1v) is 12.3. The van der Waals surface area contributed by atoms with Crippen LogP contribution in [0.1, 0.15) is 64.5 Å². The first kappa shape index (κ1) is 26.1. The van der Waals surface area contributed by atoms with Gasteiger partial charge in [0.2, 0.25) is 5.91 Å². The number of nitrogens with one attached hydrogen (secondary N) is 1. The van der Waals surface area contributed by atoms with Crippen LogP contribution in [0, 0.1) is 5.41 Å². The summed E-state index contributed by atoms with van der Waals surface area (Å²) in [6.07, 6.45) is 19.8. The molecule has 4 heteroatoms. The van der Waals surface area contributed by atoms with Crippen molar-refractivity contribution in [3.05, 3.63) is 119 Å². The Hall–Kier alpha value is -3.53. The van der Waals surface area contributed by atoms with Gasteiger partial charge in [0.05, 0.1) is 0 Å². The summed E-state index contributed by atoms with van der Waals surface area (Å²) in [5, 5.41) is 2.92. The van der Waals surface area contributed by atoms with Crippen LogP contribution in [0.15, 0.2) is 108 Å². The van der Waals surface area contributed by atoms with Crippen molar-refractivity contribution in [2.24, 2.45) is 5.41 Å². The van der Waals surface area contributed by atoms with E-state index in [0.717, 1.165) is 29.6 Å². The second-order valence-electron chi connectivity index (χ2n) is 9.94. The van der Waals surface area contributed by atoms with Crippen LogP contribution in [0.5, 0.6) is 0 Å². The molecule has 4 nitrogen and oxygen atoms in total. The van der Waals surface area contributed by atoms with E-state index in [1.54, 1.807) is 12.4 Å². The third-order valence-electron chi connectivity index (χ3n) is 6.62. The Morgan fingerprint density at radius 3 is 2.51 bits per heavy atom. The minimum Gasteiger partial charge on any atom is -0.348 e. The van der Waals surface area contributed by atoms with Crippen LogP contribution >= 0.6 is 0 Å². The van der Waals surface area contributed by atoms with Gasteiger partial charge in [-0.15, -0.1) is 0 Å². The molecule has 182 valence electrons. The van der Waals surface area contributed by atoms with Crippen molar-refractivity contribution in [3.63, 3.8) is 0 Å². The zero-order chi connectivity index (χ0) is 25.3. The molecule has 3 rings (SSSR count). The quantitative estimate of drug-likeness (QED) is 0.335. The highest BCUT2D eigenvalue weighted by atomic mass is 16.1. The largest absolute Gasteiger partial charge is 0.348 e. The van der Waals surface area contributed by atoms with Gasteiger partial charge in [0, 0.05) is 30.9 Å². The normalized spacial score (nSPS) is 18.9. The van der Waals surface area contributed by atoms with E-state index in [-0.39, 0.29) is 11.3 Å². The second kappa shape index (κ2) is 12.3. The number of carbonyl (C=O) groups excluding carboxylic acids is 1. The molecule has 1 atom stereocenters. The summed E-state index contributed by atoms with van der Waals surface area (Å²) in [6.45, 7) is 11.5. The molecule has 0 saturated carbocycles. The summed E-state index contributed by atoms with van der Waals surface area (Å²) in [5.41, 5.74) is 7.26.